The molecule has 20 heavy (non-hydrogen) atoms. The van der Waals surface area contributed by atoms with Gasteiger partial charge in [0.05, 0.1) is 10.7 Å². The number of halogens is 2. The molecule has 0 aliphatic carbocycles. The zero-order chi connectivity index (χ0) is 14.7. The maximum Gasteiger partial charge on any atom is 0.255 e. The van der Waals surface area contributed by atoms with E-state index in [2.05, 4.69) is 15.3 Å². The zero-order valence-corrected chi connectivity index (χ0v) is 11.5. The third kappa shape index (κ3) is 3.15. The van der Waals surface area contributed by atoms with Crippen LogP contribution in [-0.4, -0.2) is 21.7 Å². The number of aromatic nitrogens is 2. The number of rotatable bonds is 4. The van der Waals surface area contributed by atoms with E-state index < -0.39 is 5.82 Å². The Kier molecular flexibility index (Phi) is 4.36. The van der Waals surface area contributed by atoms with Gasteiger partial charge in [0.2, 0.25) is 5.95 Å². The van der Waals surface area contributed by atoms with Crippen LogP contribution in [0.15, 0.2) is 23.0 Å². The van der Waals surface area contributed by atoms with Crippen LogP contribution in [0.25, 0.3) is 0 Å². The molecule has 0 spiro atoms. The third-order valence-electron chi connectivity index (χ3n) is 2.77. The lowest BCUT2D eigenvalue weighted by Gasteiger charge is -2.09. The van der Waals surface area contributed by atoms with Crippen LogP contribution in [0.4, 0.5) is 16.0 Å². The van der Waals surface area contributed by atoms with Gasteiger partial charge >= 0.3 is 0 Å². The lowest BCUT2D eigenvalue weighted by molar-refractivity contribution is 0.298. The molecule has 0 unspecified atom stereocenters. The molecule has 0 bridgehead atoms. The molecule has 0 radical (unpaired) electrons. The zero-order valence-electron chi connectivity index (χ0n) is 10.7. The molecule has 0 amide bonds. The Hall–Kier alpha value is -1.92. The molecule has 5 nitrogen and oxygen atoms in total. The van der Waals surface area contributed by atoms with Crippen molar-refractivity contribution in [1.29, 1.82) is 0 Å². The lowest BCUT2D eigenvalue weighted by atomic mass is 10.2. The van der Waals surface area contributed by atoms with Crippen LogP contribution in [0.5, 0.6) is 0 Å². The minimum absolute atomic E-state index is 0.0223. The summed E-state index contributed by atoms with van der Waals surface area (Å²) in [5.74, 6) is -0.287. The molecule has 0 aliphatic heterocycles. The molecule has 2 aromatic rings. The Bertz CT molecular complexity index is 688. The molecule has 0 saturated carbocycles. The molecule has 3 N–H and O–H groups in total. The quantitative estimate of drug-likeness (QED) is 0.808. The average Bonchev–Trinajstić information content (AvgIpc) is 2.38. The van der Waals surface area contributed by atoms with Gasteiger partial charge in [-0.3, -0.25) is 9.78 Å². The van der Waals surface area contributed by atoms with E-state index in [1.54, 1.807) is 6.92 Å². The molecule has 0 fully saturated rings. The highest BCUT2D eigenvalue weighted by atomic mass is 35.5. The van der Waals surface area contributed by atoms with Gasteiger partial charge < -0.3 is 10.4 Å². The van der Waals surface area contributed by atoms with Crippen molar-refractivity contribution in [2.75, 3.05) is 11.9 Å². The summed E-state index contributed by atoms with van der Waals surface area (Å²) < 4.78 is 13.0. The fourth-order valence-electron chi connectivity index (χ4n) is 1.79. The van der Waals surface area contributed by atoms with E-state index in [4.69, 9.17) is 16.7 Å². The molecule has 106 valence electrons. The summed E-state index contributed by atoms with van der Waals surface area (Å²) in [7, 11) is 0. The standard InChI is InChI=1S/C13H13ClFN3O2/c1-7-9(4-5-19)12(20)18-13(16-7)17-8-2-3-11(15)10(14)6-8/h2-3,6,19H,4-5H2,1H3,(H2,16,17,18,20). The van der Waals surface area contributed by atoms with E-state index >= 15 is 0 Å². The first-order chi connectivity index (χ1) is 9.51. The maximum absolute atomic E-state index is 13.0. The van der Waals surface area contributed by atoms with Gasteiger partial charge in [-0.2, -0.15) is 0 Å². The Morgan fingerprint density at radius 3 is 2.85 bits per heavy atom. The Morgan fingerprint density at radius 2 is 2.25 bits per heavy atom. The first kappa shape index (κ1) is 14.5. The van der Waals surface area contributed by atoms with E-state index in [1.165, 1.54) is 18.2 Å². The number of nitrogens with zero attached hydrogens (tertiary/aromatic N) is 1. The summed E-state index contributed by atoms with van der Waals surface area (Å²) in [6.45, 7) is 1.56. The second-order valence-corrected chi connectivity index (χ2v) is 4.61. The molecule has 0 atom stereocenters. The predicted octanol–water partition coefficient (Wildman–Crippen LogP) is 2.15. The van der Waals surface area contributed by atoms with Crippen molar-refractivity contribution in [2.45, 2.75) is 13.3 Å². The van der Waals surface area contributed by atoms with Gasteiger partial charge in [0.15, 0.2) is 0 Å². The van der Waals surface area contributed by atoms with E-state index in [9.17, 15) is 9.18 Å². The lowest BCUT2D eigenvalue weighted by Crippen LogP contribution is -2.19. The van der Waals surface area contributed by atoms with Crippen molar-refractivity contribution in [3.05, 3.63) is 50.7 Å². The smallest absolute Gasteiger partial charge is 0.255 e. The van der Waals surface area contributed by atoms with Gasteiger partial charge in [-0.05, 0) is 25.1 Å². The first-order valence-corrected chi connectivity index (χ1v) is 6.32. The highest BCUT2D eigenvalue weighted by Crippen LogP contribution is 2.21. The molecule has 1 aromatic carbocycles. The summed E-state index contributed by atoms with van der Waals surface area (Å²) in [5.41, 5.74) is 1.16. The molecule has 7 heteroatoms. The van der Waals surface area contributed by atoms with Crippen LogP contribution in [-0.2, 0) is 6.42 Å². The minimum Gasteiger partial charge on any atom is -0.396 e. The minimum atomic E-state index is -0.520. The van der Waals surface area contributed by atoms with Crippen LogP contribution in [0.3, 0.4) is 0 Å². The van der Waals surface area contributed by atoms with Crippen LogP contribution in [0, 0.1) is 12.7 Å². The first-order valence-electron chi connectivity index (χ1n) is 5.94. The van der Waals surface area contributed by atoms with E-state index in [-0.39, 0.29) is 29.6 Å². The van der Waals surface area contributed by atoms with Gasteiger partial charge in [-0.25, -0.2) is 9.37 Å². The van der Waals surface area contributed by atoms with Gasteiger partial charge in [-0.15, -0.1) is 0 Å². The molecule has 0 saturated heterocycles. The van der Waals surface area contributed by atoms with Gasteiger partial charge in [0.25, 0.3) is 5.56 Å². The third-order valence-corrected chi connectivity index (χ3v) is 3.06. The molecular weight excluding hydrogens is 285 g/mol. The van der Waals surface area contributed by atoms with Crippen molar-refractivity contribution < 1.29 is 9.50 Å². The summed E-state index contributed by atoms with van der Waals surface area (Å²) in [4.78, 5) is 18.6. The molecule has 2 rings (SSSR count). The fraction of sp³-hybridized carbons (Fsp3) is 0.231. The SMILES string of the molecule is Cc1nc(Nc2ccc(F)c(Cl)c2)[nH]c(=O)c1CCO. The fourth-order valence-corrected chi connectivity index (χ4v) is 1.97. The number of aromatic amines is 1. The van der Waals surface area contributed by atoms with Crippen LogP contribution >= 0.6 is 11.6 Å². The monoisotopic (exact) mass is 297 g/mol. The number of aliphatic hydroxyl groups is 1. The number of hydrogen-bond donors (Lipinski definition) is 3. The predicted molar refractivity (Wildman–Crippen MR) is 75.1 cm³/mol. The molecule has 1 heterocycles. The van der Waals surface area contributed by atoms with Crippen molar-refractivity contribution in [1.82, 2.24) is 9.97 Å². The number of aliphatic hydroxyl groups excluding tert-OH is 1. The number of aryl methyl sites for hydroxylation is 1. The van der Waals surface area contributed by atoms with E-state index in [0.717, 1.165) is 0 Å². The van der Waals surface area contributed by atoms with Crippen molar-refractivity contribution in [3.8, 4) is 0 Å². The largest absolute Gasteiger partial charge is 0.396 e. The van der Waals surface area contributed by atoms with Crippen molar-refractivity contribution >= 4 is 23.2 Å². The summed E-state index contributed by atoms with van der Waals surface area (Å²) >= 11 is 5.67. The number of benzene rings is 1. The average molecular weight is 298 g/mol. The molecule has 0 aliphatic rings. The number of nitrogens with one attached hydrogen (secondary N) is 2. The molecule has 1 aromatic heterocycles. The Balaban J connectivity index is 2.30. The summed E-state index contributed by atoms with van der Waals surface area (Å²) in [5, 5.41) is 11.7. The topological polar surface area (TPSA) is 78.0 Å². The van der Waals surface area contributed by atoms with Crippen LogP contribution in [0.1, 0.15) is 11.3 Å². The normalized spacial score (nSPS) is 10.6. The Morgan fingerprint density at radius 1 is 1.50 bits per heavy atom. The summed E-state index contributed by atoms with van der Waals surface area (Å²) in [6, 6.07) is 4.10. The maximum atomic E-state index is 13.0. The highest BCUT2D eigenvalue weighted by molar-refractivity contribution is 6.31. The highest BCUT2D eigenvalue weighted by Gasteiger charge is 2.08. The van der Waals surface area contributed by atoms with Gasteiger partial charge in [-0.1, -0.05) is 11.6 Å². The van der Waals surface area contributed by atoms with Crippen molar-refractivity contribution in [2.24, 2.45) is 0 Å². The van der Waals surface area contributed by atoms with Crippen LogP contribution in [0.2, 0.25) is 5.02 Å². The number of H-pyrrole nitrogens is 1. The van der Waals surface area contributed by atoms with Crippen LogP contribution < -0.4 is 10.9 Å². The van der Waals surface area contributed by atoms with E-state index in [0.29, 0.717) is 16.9 Å². The molecular formula is C13H13ClFN3O2. The van der Waals surface area contributed by atoms with Crippen molar-refractivity contribution in [3.63, 3.8) is 0 Å². The van der Waals surface area contributed by atoms with Gasteiger partial charge in [0.1, 0.15) is 5.82 Å². The van der Waals surface area contributed by atoms with E-state index in [1.807, 2.05) is 0 Å². The number of hydrogen-bond acceptors (Lipinski definition) is 4. The Labute approximate surface area is 119 Å². The number of anilines is 2. The summed E-state index contributed by atoms with van der Waals surface area (Å²) in [6.07, 6.45) is 0.247. The second-order valence-electron chi connectivity index (χ2n) is 4.21. The second kappa shape index (κ2) is 6.02. The van der Waals surface area contributed by atoms with Gasteiger partial charge in [0, 0.05) is 24.3 Å².